The van der Waals surface area contributed by atoms with Crippen LogP contribution in [0.5, 0.6) is 0 Å². The average molecular weight is 287 g/mol. The summed E-state index contributed by atoms with van der Waals surface area (Å²) in [5.41, 5.74) is -1.52. The van der Waals surface area contributed by atoms with E-state index in [4.69, 9.17) is 4.74 Å². The molecule has 0 heterocycles. The number of alkyl carbamates (subject to hydrolysis) is 1. The molecule has 2 atom stereocenters. The fraction of sp³-hybridized carbons (Fsp3) is 0.867. The summed E-state index contributed by atoms with van der Waals surface area (Å²) in [6, 6.07) is 0. The summed E-state index contributed by atoms with van der Waals surface area (Å²) in [6.07, 6.45) is 1.64. The number of carboxylic acids is 1. The van der Waals surface area contributed by atoms with Gasteiger partial charge in [0.15, 0.2) is 0 Å². The first-order valence-electron chi connectivity index (χ1n) is 7.29. The zero-order chi connectivity index (χ0) is 16.0. The van der Waals surface area contributed by atoms with Gasteiger partial charge < -0.3 is 15.2 Å². The number of carboxylic acid groups (broad SMARTS) is 1. The lowest BCUT2D eigenvalue weighted by atomic mass is 9.72. The van der Waals surface area contributed by atoms with Crippen LogP contribution in [0, 0.1) is 11.3 Å². The molecular formula is C15H29NO4. The second-order valence-corrected chi connectivity index (χ2v) is 6.36. The molecule has 0 aromatic carbocycles. The molecule has 0 spiro atoms. The van der Waals surface area contributed by atoms with E-state index >= 15 is 0 Å². The number of carbonyl (C=O) groups excluding carboxylic acids is 1. The predicted molar refractivity (Wildman–Crippen MR) is 78.7 cm³/mol. The van der Waals surface area contributed by atoms with Crippen molar-refractivity contribution in [3.05, 3.63) is 0 Å². The quantitative estimate of drug-likeness (QED) is 0.752. The van der Waals surface area contributed by atoms with Gasteiger partial charge in [0.25, 0.3) is 0 Å². The Balaban J connectivity index is 4.84. The van der Waals surface area contributed by atoms with Crippen molar-refractivity contribution < 1.29 is 19.4 Å². The van der Waals surface area contributed by atoms with Crippen LogP contribution >= 0.6 is 0 Å². The Bertz CT molecular complexity index is 335. The Hall–Kier alpha value is -1.26. The van der Waals surface area contributed by atoms with Gasteiger partial charge in [-0.25, -0.2) is 4.79 Å². The van der Waals surface area contributed by atoms with E-state index in [1.807, 2.05) is 20.8 Å². The van der Waals surface area contributed by atoms with Crippen LogP contribution in [0.1, 0.15) is 60.8 Å². The highest BCUT2D eigenvalue weighted by Gasteiger charge is 2.42. The van der Waals surface area contributed by atoms with E-state index in [1.165, 1.54) is 0 Å². The number of amides is 1. The van der Waals surface area contributed by atoms with Crippen LogP contribution in [0.3, 0.4) is 0 Å². The molecule has 0 radical (unpaired) electrons. The minimum Gasteiger partial charge on any atom is -0.481 e. The molecule has 5 heteroatoms. The molecule has 0 aliphatic heterocycles. The normalized spacial score (nSPS) is 16.1. The smallest absolute Gasteiger partial charge is 0.407 e. The predicted octanol–water partition coefficient (Wildman–Crippen LogP) is 3.43. The first-order chi connectivity index (χ1) is 9.09. The Morgan fingerprint density at radius 2 is 1.80 bits per heavy atom. The molecule has 1 amide bonds. The molecule has 0 fully saturated rings. The lowest BCUT2D eigenvalue weighted by Gasteiger charge is -2.34. The minimum absolute atomic E-state index is 0.00932. The van der Waals surface area contributed by atoms with Gasteiger partial charge in [-0.05, 0) is 39.5 Å². The van der Waals surface area contributed by atoms with Crippen LogP contribution in [0.2, 0.25) is 0 Å². The third-order valence-corrected chi connectivity index (χ3v) is 3.67. The fourth-order valence-corrected chi connectivity index (χ4v) is 2.34. The zero-order valence-corrected chi connectivity index (χ0v) is 13.6. The SMILES string of the molecule is CCCC(C)C(CC)(CNC(=O)OC(C)(C)C)C(=O)O. The summed E-state index contributed by atoms with van der Waals surface area (Å²) in [6.45, 7) is 11.2. The molecule has 0 aromatic heterocycles. The number of hydrogen-bond donors (Lipinski definition) is 2. The molecule has 0 saturated heterocycles. The largest absolute Gasteiger partial charge is 0.481 e. The van der Waals surface area contributed by atoms with Gasteiger partial charge in [0.1, 0.15) is 5.60 Å². The van der Waals surface area contributed by atoms with Crippen LogP contribution in [-0.2, 0) is 9.53 Å². The molecule has 0 rings (SSSR count). The maximum absolute atomic E-state index is 11.7. The van der Waals surface area contributed by atoms with Crippen LogP contribution in [0.25, 0.3) is 0 Å². The number of aliphatic carboxylic acids is 1. The standard InChI is InChI=1S/C15H29NO4/c1-7-9-11(3)15(8-2,12(17)18)10-16-13(19)20-14(4,5)6/h11H,7-10H2,1-6H3,(H,16,19)(H,17,18). The van der Waals surface area contributed by atoms with Gasteiger partial charge in [-0.2, -0.15) is 0 Å². The summed E-state index contributed by atoms with van der Waals surface area (Å²) >= 11 is 0. The molecule has 0 aliphatic carbocycles. The van der Waals surface area contributed by atoms with E-state index in [1.54, 1.807) is 20.8 Å². The maximum atomic E-state index is 11.7. The van der Waals surface area contributed by atoms with Gasteiger partial charge in [0.05, 0.1) is 5.41 Å². The van der Waals surface area contributed by atoms with Crippen molar-refractivity contribution in [2.75, 3.05) is 6.54 Å². The van der Waals surface area contributed by atoms with Crippen molar-refractivity contribution in [1.29, 1.82) is 0 Å². The highest BCUT2D eigenvalue weighted by atomic mass is 16.6. The third kappa shape index (κ3) is 5.39. The topological polar surface area (TPSA) is 75.6 Å². The van der Waals surface area contributed by atoms with E-state index in [2.05, 4.69) is 5.32 Å². The molecule has 118 valence electrons. The van der Waals surface area contributed by atoms with Gasteiger partial charge in [-0.3, -0.25) is 4.79 Å². The van der Waals surface area contributed by atoms with Gasteiger partial charge in [0.2, 0.25) is 0 Å². The molecule has 0 saturated carbocycles. The zero-order valence-electron chi connectivity index (χ0n) is 13.6. The van der Waals surface area contributed by atoms with Gasteiger partial charge in [-0.1, -0.05) is 27.2 Å². The molecule has 2 unspecified atom stereocenters. The first kappa shape index (κ1) is 18.7. The molecule has 0 aromatic rings. The average Bonchev–Trinajstić information content (AvgIpc) is 2.27. The van der Waals surface area contributed by atoms with Crippen LogP contribution in [0.15, 0.2) is 0 Å². The molecule has 0 aliphatic rings. The van der Waals surface area contributed by atoms with Crippen LogP contribution < -0.4 is 5.32 Å². The van der Waals surface area contributed by atoms with Crippen LogP contribution in [0.4, 0.5) is 4.79 Å². The first-order valence-corrected chi connectivity index (χ1v) is 7.29. The summed E-state index contributed by atoms with van der Waals surface area (Å²) in [5, 5.41) is 12.2. The number of hydrogen-bond acceptors (Lipinski definition) is 3. The Kier molecular flexibility index (Phi) is 7.03. The van der Waals surface area contributed by atoms with Crippen molar-refractivity contribution in [2.45, 2.75) is 66.4 Å². The second kappa shape index (κ2) is 7.50. The second-order valence-electron chi connectivity index (χ2n) is 6.36. The molecule has 20 heavy (non-hydrogen) atoms. The van der Waals surface area contributed by atoms with Crippen LogP contribution in [-0.4, -0.2) is 29.3 Å². The fourth-order valence-electron chi connectivity index (χ4n) is 2.34. The van der Waals surface area contributed by atoms with Gasteiger partial charge >= 0.3 is 12.1 Å². The third-order valence-electron chi connectivity index (χ3n) is 3.67. The molecule has 0 bridgehead atoms. The Labute approximate surface area is 122 Å². The van der Waals surface area contributed by atoms with E-state index in [0.717, 1.165) is 12.8 Å². The maximum Gasteiger partial charge on any atom is 0.407 e. The summed E-state index contributed by atoms with van der Waals surface area (Å²) in [4.78, 5) is 23.4. The molecule has 2 N–H and O–H groups in total. The highest BCUT2D eigenvalue weighted by molar-refractivity contribution is 5.76. The van der Waals surface area contributed by atoms with E-state index in [0.29, 0.717) is 6.42 Å². The van der Waals surface area contributed by atoms with Crippen molar-refractivity contribution in [3.63, 3.8) is 0 Å². The van der Waals surface area contributed by atoms with E-state index < -0.39 is 23.1 Å². The van der Waals surface area contributed by atoms with Gasteiger partial charge in [0, 0.05) is 6.54 Å². The Morgan fingerprint density at radius 1 is 1.25 bits per heavy atom. The lowest BCUT2D eigenvalue weighted by molar-refractivity contribution is -0.152. The number of rotatable bonds is 7. The van der Waals surface area contributed by atoms with Crippen molar-refractivity contribution in [1.82, 2.24) is 5.32 Å². The lowest BCUT2D eigenvalue weighted by Crippen LogP contribution is -2.48. The van der Waals surface area contributed by atoms with E-state index in [-0.39, 0.29) is 12.5 Å². The van der Waals surface area contributed by atoms with E-state index in [9.17, 15) is 14.7 Å². The highest BCUT2D eigenvalue weighted by Crippen LogP contribution is 2.34. The Morgan fingerprint density at radius 3 is 2.15 bits per heavy atom. The summed E-state index contributed by atoms with van der Waals surface area (Å²) in [5.74, 6) is -0.873. The summed E-state index contributed by atoms with van der Waals surface area (Å²) in [7, 11) is 0. The molecule has 5 nitrogen and oxygen atoms in total. The minimum atomic E-state index is -0.938. The monoisotopic (exact) mass is 287 g/mol. The summed E-state index contributed by atoms with van der Waals surface area (Å²) < 4.78 is 5.15. The van der Waals surface area contributed by atoms with Crippen molar-refractivity contribution >= 4 is 12.1 Å². The number of ether oxygens (including phenoxy) is 1. The number of nitrogens with one attached hydrogen (secondary N) is 1. The number of carbonyl (C=O) groups is 2. The van der Waals surface area contributed by atoms with Crippen molar-refractivity contribution in [3.8, 4) is 0 Å². The van der Waals surface area contributed by atoms with Gasteiger partial charge in [-0.15, -0.1) is 0 Å². The van der Waals surface area contributed by atoms with Crippen molar-refractivity contribution in [2.24, 2.45) is 11.3 Å². The molecular weight excluding hydrogens is 258 g/mol.